The van der Waals surface area contributed by atoms with E-state index >= 15 is 0 Å². The fourth-order valence-electron chi connectivity index (χ4n) is 2.12. The van der Waals surface area contributed by atoms with E-state index in [9.17, 15) is 9.59 Å². The number of carbonyl (C=O) groups excluding carboxylic acids is 2. The van der Waals surface area contributed by atoms with Crippen molar-refractivity contribution < 1.29 is 9.59 Å². The first kappa shape index (κ1) is 19.5. The third-order valence-electron chi connectivity index (χ3n) is 3.32. The van der Waals surface area contributed by atoms with E-state index in [1.807, 2.05) is 13.8 Å². The summed E-state index contributed by atoms with van der Waals surface area (Å²) in [5.41, 5.74) is 0. The van der Waals surface area contributed by atoms with Crippen LogP contribution in [-0.4, -0.2) is 38.2 Å². The predicted octanol–water partition coefficient (Wildman–Crippen LogP) is 1.92. The molecule has 0 aliphatic carbocycles. The van der Waals surface area contributed by atoms with Crippen LogP contribution in [0.25, 0.3) is 0 Å². The third-order valence-corrected chi connectivity index (χ3v) is 3.32. The van der Waals surface area contributed by atoms with Gasteiger partial charge in [0.05, 0.1) is 6.04 Å². The Bertz CT molecular complexity index is 319. The molecule has 0 saturated heterocycles. The van der Waals surface area contributed by atoms with Crippen molar-refractivity contribution in [3.63, 3.8) is 0 Å². The zero-order chi connectivity index (χ0) is 16.4. The molecule has 0 unspecified atom stereocenters. The van der Waals surface area contributed by atoms with Gasteiger partial charge >= 0.3 is 12.1 Å². The van der Waals surface area contributed by atoms with Crippen LogP contribution in [0, 0.1) is 17.8 Å². The summed E-state index contributed by atoms with van der Waals surface area (Å²) in [7, 11) is 1.57. The molecule has 0 aliphatic rings. The van der Waals surface area contributed by atoms with E-state index in [1.165, 1.54) is 0 Å². The van der Waals surface area contributed by atoms with E-state index < -0.39 is 0 Å². The Morgan fingerprint density at radius 3 is 1.95 bits per heavy atom. The average molecular weight is 300 g/mol. The van der Waals surface area contributed by atoms with E-state index in [-0.39, 0.29) is 24.0 Å². The van der Waals surface area contributed by atoms with Crippen molar-refractivity contribution in [3.05, 3.63) is 0 Å². The molecular formula is C15H32N4O2. The molecule has 124 valence electrons. The SMILES string of the molecule is CNC(=O)NC[C@@H](NC(=O)NC[C@@H](C)CC(C)C)C(C)C. The first-order valence-corrected chi connectivity index (χ1v) is 7.76. The second-order valence-corrected chi connectivity index (χ2v) is 6.40. The molecule has 4 amide bonds. The van der Waals surface area contributed by atoms with Crippen molar-refractivity contribution >= 4 is 12.1 Å². The van der Waals surface area contributed by atoms with Crippen LogP contribution in [0.4, 0.5) is 9.59 Å². The minimum Gasteiger partial charge on any atom is -0.341 e. The first-order valence-electron chi connectivity index (χ1n) is 7.76. The molecular weight excluding hydrogens is 268 g/mol. The van der Waals surface area contributed by atoms with Gasteiger partial charge in [0, 0.05) is 20.1 Å². The highest BCUT2D eigenvalue weighted by Gasteiger charge is 2.17. The molecule has 0 bridgehead atoms. The molecule has 0 spiro atoms. The van der Waals surface area contributed by atoms with Crippen LogP contribution < -0.4 is 21.3 Å². The number of hydrogen-bond acceptors (Lipinski definition) is 2. The van der Waals surface area contributed by atoms with Crippen LogP contribution in [0.2, 0.25) is 0 Å². The van der Waals surface area contributed by atoms with E-state index in [1.54, 1.807) is 7.05 Å². The number of hydrogen-bond donors (Lipinski definition) is 4. The fraction of sp³-hybridized carbons (Fsp3) is 0.867. The first-order chi connectivity index (χ1) is 9.76. The van der Waals surface area contributed by atoms with E-state index in [4.69, 9.17) is 0 Å². The Morgan fingerprint density at radius 2 is 1.48 bits per heavy atom. The Labute approximate surface area is 128 Å². The van der Waals surface area contributed by atoms with Gasteiger partial charge in [0.1, 0.15) is 0 Å². The molecule has 0 aromatic rings. The molecule has 0 aromatic carbocycles. The summed E-state index contributed by atoms with van der Waals surface area (Å²) in [6, 6.07) is -0.515. The van der Waals surface area contributed by atoms with Gasteiger partial charge in [-0.25, -0.2) is 9.59 Å². The van der Waals surface area contributed by atoms with Crippen LogP contribution >= 0.6 is 0 Å². The Hall–Kier alpha value is -1.46. The molecule has 2 atom stereocenters. The highest BCUT2D eigenvalue weighted by molar-refractivity contribution is 5.75. The van der Waals surface area contributed by atoms with Crippen LogP contribution in [0.3, 0.4) is 0 Å². The van der Waals surface area contributed by atoms with Crippen LogP contribution in [0.5, 0.6) is 0 Å². The fourth-order valence-corrected chi connectivity index (χ4v) is 2.12. The van der Waals surface area contributed by atoms with Crippen molar-refractivity contribution in [1.29, 1.82) is 0 Å². The van der Waals surface area contributed by atoms with Gasteiger partial charge in [-0.2, -0.15) is 0 Å². The lowest BCUT2D eigenvalue weighted by Crippen LogP contribution is -2.51. The van der Waals surface area contributed by atoms with E-state index in [2.05, 4.69) is 42.0 Å². The number of urea groups is 2. The van der Waals surface area contributed by atoms with Gasteiger partial charge in [-0.3, -0.25) is 0 Å². The molecule has 0 aliphatic heterocycles. The summed E-state index contributed by atoms with van der Waals surface area (Å²) in [6.45, 7) is 11.6. The lowest BCUT2D eigenvalue weighted by molar-refractivity contribution is 0.226. The van der Waals surface area contributed by atoms with E-state index in [0.717, 1.165) is 6.42 Å². The summed E-state index contributed by atoms with van der Waals surface area (Å²) in [5, 5.41) is 11.0. The summed E-state index contributed by atoms with van der Waals surface area (Å²) in [4.78, 5) is 23.1. The predicted molar refractivity (Wildman–Crippen MR) is 86.2 cm³/mol. The van der Waals surface area contributed by atoms with Gasteiger partial charge in [0.15, 0.2) is 0 Å². The maximum Gasteiger partial charge on any atom is 0.315 e. The highest BCUT2D eigenvalue weighted by atomic mass is 16.2. The number of rotatable bonds is 8. The Balaban J connectivity index is 4.14. The minimum absolute atomic E-state index is 0.0947. The molecule has 6 heteroatoms. The standard InChI is InChI=1S/C15H32N4O2/c1-10(2)7-12(5)8-17-15(21)19-13(11(3)4)9-18-14(20)16-6/h10-13H,7-9H2,1-6H3,(H2,16,18,20)(H2,17,19,21)/t12-,13+/m0/s1. The van der Waals surface area contributed by atoms with Gasteiger partial charge in [0.2, 0.25) is 0 Å². The lowest BCUT2D eigenvalue weighted by Gasteiger charge is -2.23. The molecule has 21 heavy (non-hydrogen) atoms. The van der Waals surface area contributed by atoms with Crippen molar-refractivity contribution in [2.45, 2.75) is 47.1 Å². The van der Waals surface area contributed by atoms with Crippen molar-refractivity contribution in [1.82, 2.24) is 21.3 Å². The molecule has 0 fully saturated rings. The average Bonchev–Trinajstić information content (AvgIpc) is 2.39. The zero-order valence-electron chi connectivity index (χ0n) is 14.2. The second kappa shape index (κ2) is 10.3. The molecule has 0 aromatic heterocycles. The topological polar surface area (TPSA) is 82.3 Å². The molecule has 4 N–H and O–H groups in total. The van der Waals surface area contributed by atoms with Gasteiger partial charge in [-0.05, 0) is 24.2 Å². The normalized spacial score (nSPS) is 13.7. The monoisotopic (exact) mass is 300 g/mol. The van der Waals surface area contributed by atoms with E-state index in [0.29, 0.717) is 24.9 Å². The quantitative estimate of drug-likeness (QED) is 0.552. The summed E-state index contributed by atoms with van der Waals surface area (Å²) in [5.74, 6) is 1.32. The summed E-state index contributed by atoms with van der Waals surface area (Å²) >= 11 is 0. The van der Waals surface area contributed by atoms with Crippen LogP contribution in [0.15, 0.2) is 0 Å². The Kier molecular flexibility index (Phi) is 9.58. The Morgan fingerprint density at radius 1 is 0.905 bits per heavy atom. The van der Waals surface area contributed by atoms with Crippen molar-refractivity contribution in [2.75, 3.05) is 20.1 Å². The largest absolute Gasteiger partial charge is 0.341 e. The molecule has 6 nitrogen and oxygen atoms in total. The number of nitrogens with one attached hydrogen (secondary N) is 4. The molecule has 0 heterocycles. The summed E-state index contributed by atoms with van der Waals surface area (Å²) in [6.07, 6.45) is 1.09. The number of carbonyl (C=O) groups is 2. The van der Waals surface area contributed by atoms with Crippen molar-refractivity contribution in [2.24, 2.45) is 17.8 Å². The smallest absolute Gasteiger partial charge is 0.315 e. The molecule has 0 radical (unpaired) electrons. The maximum absolute atomic E-state index is 11.9. The van der Waals surface area contributed by atoms with Crippen LogP contribution in [0.1, 0.15) is 41.0 Å². The highest BCUT2D eigenvalue weighted by Crippen LogP contribution is 2.09. The van der Waals surface area contributed by atoms with Gasteiger partial charge in [0.25, 0.3) is 0 Å². The van der Waals surface area contributed by atoms with Gasteiger partial charge in [-0.15, -0.1) is 0 Å². The molecule has 0 rings (SSSR count). The maximum atomic E-state index is 11.9. The van der Waals surface area contributed by atoms with Gasteiger partial charge < -0.3 is 21.3 Å². The number of amides is 4. The second-order valence-electron chi connectivity index (χ2n) is 6.40. The van der Waals surface area contributed by atoms with Crippen LogP contribution in [-0.2, 0) is 0 Å². The van der Waals surface area contributed by atoms with Crippen molar-refractivity contribution in [3.8, 4) is 0 Å². The summed E-state index contributed by atoms with van der Waals surface area (Å²) < 4.78 is 0. The minimum atomic E-state index is -0.242. The molecule has 0 saturated carbocycles. The lowest BCUT2D eigenvalue weighted by atomic mass is 9.99. The third kappa shape index (κ3) is 9.98. The van der Waals surface area contributed by atoms with Gasteiger partial charge in [-0.1, -0.05) is 34.6 Å². The zero-order valence-corrected chi connectivity index (χ0v) is 14.2.